The first-order valence-electron chi connectivity index (χ1n) is 7.82. The van der Waals surface area contributed by atoms with Crippen molar-refractivity contribution in [2.75, 3.05) is 18.6 Å². The van der Waals surface area contributed by atoms with Crippen molar-refractivity contribution in [3.63, 3.8) is 0 Å². The van der Waals surface area contributed by atoms with E-state index in [2.05, 4.69) is 57.9 Å². The van der Waals surface area contributed by atoms with Crippen molar-refractivity contribution in [1.82, 2.24) is 19.5 Å². The van der Waals surface area contributed by atoms with E-state index in [1.54, 1.807) is 0 Å². The van der Waals surface area contributed by atoms with Crippen molar-refractivity contribution < 1.29 is 0 Å². The molecule has 1 N–H and O–H groups in total. The first-order valence-corrected chi connectivity index (χ1v) is 11.5. The van der Waals surface area contributed by atoms with Crippen LogP contribution in [-0.4, -0.2) is 32.8 Å². The topological polar surface area (TPSA) is 55.6 Å². The highest BCUT2D eigenvalue weighted by Crippen LogP contribution is 2.34. The minimum Gasteiger partial charge on any atom is -0.364 e. The van der Waals surface area contributed by atoms with Crippen LogP contribution in [0.1, 0.15) is 17.2 Å². The van der Waals surface area contributed by atoms with Crippen LogP contribution in [0.3, 0.4) is 0 Å². The van der Waals surface area contributed by atoms with Gasteiger partial charge in [0.1, 0.15) is 11.6 Å². The third-order valence-electron chi connectivity index (χ3n) is 4.07. The van der Waals surface area contributed by atoms with Gasteiger partial charge < -0.3 is 9.88 Å². The van der Waals surface area contributed by atoms with Crippen LogP contribution in [0.25, 0.3) is 11.2 Å². The molecule has 0 aliphatic rings. The molecule has 126 valence electrons. The second-order valence-corrected chi connectivity index (χ2v) is 12.3. The molecule has 7 heteroatoms. The third kappa shape index (κ3) is 3.35. The highest BCUT2D eigenvalue weighted by Gasteiger charge is 2.13. The van der Waals surface area contributed by atoms with Gasteiger partial charge in [0.05, 0.1) is 0 Å². The van der Waals surface area contributed by atoms with E-state index < -0.39 is 6.04 Å². The molecule has 0 radical (unpaired) electrons. The summed E-state index contributed by atoms with van der Waals surface area (Å²) in [5.74, 6) is 2.44. The Bertz CT molecular complexity index is 940. The molecule has 0 fully saturated rings. The second kappa shape index (κ2) is 6.26. The molecule has 24 heavy (non-hydrogen) atoms. The maximum atomic E-state index is 5.59. The number of rotatable bonds is 4. The summed E-state index contributed by atoms with van der Waals surface area (Å²) < 4.78 is 1.99. The van der Waals surface area contributed by atoms with Gasteiger partial charge in [-0.05, 0) is 44.1 Å². The quantitative estimate of drug-likeness (QED) is 0.726. The number of imidazole rings is 1. The van der Waals surface area contributed by atoms with E-state index in [1.807, 2.05) is 25.5 Å². The number of aromatic nitrogens is 4. The first-order chi connectivity index (χ1) is 11.3. The minimum absolute atomic E-state index is 0.692. The predicted molar refractivity (Wildman–Crippen MR) is 105 cm³/mol. The normalized spacial score (nSPS) is 11.9. The number of hydrogen-bond acceptors (Lipinski definition) is 5. The number of fused-ring (bicyclic) bond motifs is 1. The average Bonchev–Trinajstić information content (AvgIpc) is 2.80. The zero-order valence-electron chi connectivity index (χ0n) is 14.7. The van der Waals surface area contributed by atoms with Gasteiger partial charge >= 0.3 is 0 Å². The predicted octanol–water partition coefficient (Wildman–Crippen LogP) is 2.96. The van der Waals surface area contributed by atoms with Gasteiger partial charge in [0.2, 0.25) is 0 Å². The fraction of sp³-hybridized carbons (Fsp3) is 0.353. The van der Waals surface area contributed by atoms with Crippen LogP contribution in [0.2, 0.25) is 0 Å². The van der Waals surface area contributed by atoms with Crippen LogP contribution >= 0.6 is 6.04 Å². The Morgan fingerprint density at radius 3 is 2.38 bits per heavy atom. The lowest BCUT2D eigenvalue weighted by Crippen LogP contribution is -2.07. The standard InChI is InChI=1S/C17H22N5PS/c1-11-19-16(15-17(20-11)22(3)12(2)21-15)18-10-13-6-8-14(9-7-13)23(4,5)24/h6-9H,10H2,1-5H3,(H,18,19,20). The van der Waals surface area contributed by atoms with E-state index >= 15 is 0 Å². The Kier molecular flexibility index (Phi) is 4.45. The fourth-order valence-corrected chi connectivity index (χ4v) is 3.79. The van der Waals surface area contributed by atoms with Crippen LogP contribution in [0, 0.1) is 13.8 Å². The molecule has 0 saturated heterocycles. The van der Waals surface area contributed by atoms with Crippen molar-refractivity contribution in [1.29, 1.82) is 0 Å². The lowest BCUT2D eigenvalue weighted by atomic mass is 10.2. The smallest absolute Gasteiger partial charge is 0.165 e. The van der Waals surface area contributed by atoms with E-state index in [4.69, 9.17) is 11.8 Å². The fourth-order valence-electron chi connectivity index (χ4n) is 2.56. The molecule has 2 aromatic heterocycles. The number of nitrogens with zero attached hydrogens (tertiary/aromatic N) is 4. The summed E-state index contributed by atoms with van der Waals surface area (Å²) in [5.41, 5.74) is 2.87. The number of benzene rings is 1. The third-order valence-corrected chi connectivity index (χ3v) is 6.25. The number of aryl methyl sites for hydroxylation is 3. The molecule has 0 spiro atoms. The molecule has 3 rings (SSSR count). The zero-order valence-corrected chi connectivity index (χ0v) is 16.4. The molecule has 0 bridgehead atoms. The Hall–Kier alpha value is -1.78. The van der Waals surface area contributed by atoms with Crippen molar-refractivity contribution in [2.24, 2.45) is 7.05 Å². The lowest BCUT2D eigenvalue weighted by molar-refractivity contribution is 0.868. The highest BCUT2D eigenvalue weighted by atomic mass is 32.4. The van der Waals surface area contributed by atoms with Crippen molar-refractivity contribution in [3.05, 3.63) is 41.5 Å². The van der Waals surface area contributed by atoms with Gasteiger partial charge in [-0.15, -0.1) is 0 Å². The summed E-state index contributed by atoms with van der Waals surface area (Å²) >= 11 is 5.59. The molecule has 0 unspecified atom stereocenters. The summed E-state index contributed by atoms with van der Waals surface area (Å²) in [6.07, 6.45) is 0. The highest BCUT2D eigenvalue weighted by molar-refractivity contribution is 8.17. The number of nitrogens with one attached hydrogen (secondary N) is 1. The van der Waals surface area contributed by atoms with Crippen LogP contribution in [0.15, 0.2) is 24.3 Å². The molecule has 3 aromatic rings. The second-order valence-electron chi connectivity index (χ2n) is 6.38. The SMILES string of the molecule is Cc1nc(NCc2ccc(P(C)(C)=S)cc2)c2nc(C)n(C)c2n1. The van der Waals surface area contributed by atoms with Crippen LogP contribution in [-0.2, 0) is 25.4 Å². The molecular formula is C17H22N5PS. The van der Waals surface area contributed by atoms with Crippen LogP contribution in [0.4, 0.5) is 5.82 Å². The molecule has 2 heterocycles. The van der Waals surface area contributed by atoms with Crippen LogP contribution in [0.5, 0.6) is 0 Å². The summed E-state index contributed by atoms with van der Waals surface area (Å²) in [6.45, 7) is 8.87. The molecule has 1 aromatic carbocycles. The van der Waals surface area contributed by atoms with E-state index in [-0.39, 0.29) is 0 Å². The Labute approximate surface area is 147 Å². The Morgan fingerprint density at radius 1 is 1.08 bits per heavy atom. The van der Waals surface area contributed by atoms with Gasteiger partial charge in [0, 0.05) is 13.6 Å². The summed E-state index contributed by atoms with van der Waals surface area (Å²) in [4.78, 5) is 13.6. The molecule has 5 nitrogen and oxygen atoms in total. The maximum Gasteiger partial charge on any atom is 0.165 e. The number of hydrogen-bond donors (Lipinski definition) is 1. The molecule has 0 saturated carbocycles. The Morgan fingerprint density at radius 2 is 1.75 bits per heavy atom. The summed E-state index contributed by atoms with van der Waals surface area (Å²) in [6, 6.07) is 7.17. The van der Waals surface area contributed by atoms with Gasteiger partial charge in [-0.3, -0.25) is 0 Å². The Balaban J connectivity index is 1.86. The number of anilines is 1. The molecule has 0 aliphatic carbocycles. The van der Waals surface area contributed by atoms with E-state index in [0.717, 1.165) is 28.6 Å². The van der Waals surface area contributed by atoms with Gasteiger partial charge in [0.15, 0.2) is 17.0 Å². The summed E-state index contributed by atoms with van der Waals surface area (Å²) in [5, 5.41) is 4.67. The molecule has 0 amide bonds. The van der Waals surface area contributed by atoms with E-state index in [0.29, 0.717) is 6.54 Å². The van der Waals surface area contributed by atoms with Gasteiger partial charge in [-0.2, -0.15) is 0 Å². The zero-order chi connectivity index (χ0) is 17.5. The van der Waals surface area contributed by atoms with Gasteiger partial charge in [-0.1, -0.05) is 36.1 Å². The van der Waals surface area contributed by atoms with Crippen molar-refractivity contribution in [3.8, 4) is 0 Å². The lowest BCUT2D eigenvalue weighted by Gasteiger charge is -2.12. The van der Waals surface area contributed by atoms with Crippen molar-refractivity contribution in [2.45, 2.75) is 20.4 Å². The van der Waals surface area contributed by atoms with E-state index in [1.165, 1.54) is 10.9 Å². The minimum atomic E-state index is -1.38. The van der Waals surface area contributed by atoms with Crippen LogP contribution < -0.4 is 10.6 Å². The first kappa shape index (κ1) is 17.1. The average molecular weight is 359 g/mol. The maximum absolute atomic E-state index is 5.59. The monoisotopic (exact) mass is 359 g/mol. The van der Waals surface area contributed by atoms with Gasteiger partial charge in [-0.25, -0.2) is 15.0 Å². The summed E-state index contributed by atoms with van der Waals surface area (Å²) in [7, 11) is 1.97. The van der Waals surface area contributed by atoms with Crippen molar-refractivity contribution >= 4 is 40.1 Å². The largest absolute Gasteiger partial charge is 0.364 e. The van der Waals surface area contributed by atoms with Gasteiger partial charge in [0.25, 0.3) is 0 Å². The van der Waals surface area contributed by atoms with E-state index in [9.17, 15) is 0 Å². The molecule has 0 aliphatic heterocycles. The molecule has 0 atom stereocenters. The molecular weight excluding hydrogens is 337 g/mol.